The summed E-state index contributed by atoms with van der Waals surface area (Å²) in [7, 11) is 0. The summed E-state index contributed by atoms with van der Waals surface area (Å²) in [5.41, 5.74) is 6.70. The number of amides is 1. The van der Waals surface area contributed by atoms with Gasteiger partial charge in [-0.05, 0) is 31.5 Å². The van der Waals surface area contributed by atoms with Crippen molar-refractivity contribution in [2.24, 2.45) is 11.7 Å². The van der Waals surface area contributed by atoms with Crippen LogP contribution in [-0.4, -0.2) is 36.0 Å². The molecule has 4 atom stereocenters. The number of rotatable bonds is 3. The number of morpholine rings is 1. The number of benzene rings is 1. The van der Waals surface area contributed by atoms with Crippen molar-refractivity contribution < 1.29 is 13.9 Å². The largest absolute Gasteiger partial charge is 0.367 e. The van der Waals surface area contributed by atoms with E-state index in [-0.39, 0.29) is 48.3 Å². The fraction of sp³-hybridized carbons (Fsp3) is 0.562. The van der Waals surface area contributed by atoms with E-state index in [1.807, 2.05) is 20.8 Å². The van der Waals surface area contributed by atoms with Crippen LogP contribution in [0.15, 0.2) is 24.3 Å². The summed E-state index contributed by atoms with van der Waals surface area (Å²) in [5.74, 6) is -0.447. The number of carbonyl (C=O) groups excluding carboxylic acids is 1. The second kappa shape index (κ2) is 7.90. The maximum Gasteiger partial charge on any atom is 0.227 e. The van der Waals surface area contributed by atoms with Gasteiger partial charge in [-0.2, -0.15) is 0 Å². The van der Waals surface area contributed by atoms with E-state index in [2.05, 4.69) is 0 Å². The molecule has 1 aromatic rings. The molecule has 1 aliphatic rings. The van der Waals surface area contributed by atoms with Gasteiger partial charge in [-0.15, -0.1) is 12.4 Å². The number of nitrogens with zero attached hydrogens (tertiary/aromatic N) is 1. The van der Waals surface area contributed by atoms with Gasteiger partial charge < -0.3 is 15.4 Å². The molecule has 1 aromatic carbocycles. The fourth-order valence-corrected chi connectivity index (χ4v) is 2.51. The Labute approximate surface area is 137 Å². The molecule has 22 heavy (non-hydrogen) atoms. The van der Waals surface area contributed by atoms with E-state index in [1.165, 1.54) is 12.1 Å². The molecule has 6 heteroatoms. The standard InChI is InChI=1S/C16H23FN2O2.ClH/c1-10-8-19(16(20)11(2)12(3)18)9-15(21-10)13-4-6-14(17)7-5-13;/h4-7,10-12,15H,8-9,18H2,1-3H3;1H. The smallest absolute Gasteiger partial charge is 0.227 e. The second-order valence-electron chi connectivity index (χ2n) is 5.88. The Hall–Kier alpha value is -1.17. The lowest BCUT2D eigenvalue weighted by molar-refractivity contribution is -0.149. The normalized spacial score (nSPS) is 24.3. The SMILES string of the molecule is CC1CN(C(=O)C(C)C(C)N)CC(c2ccc(F)cc2)O1.Cl. The molecule has 0 aromatic heterocycles. The minimum atomic E-state index is -0.277. The third kappa shape index (κ3) is 4.41. The molecule has 1 amide bonds. The van der Waals surface area contributed by atoms with Gasteiger partial charge in [0.2, 0.25) is 5.91 Å². The predicted octanol–water partition coefficient (Wildman–Crippen LogP) is 2.52. The molecule has 1 fully saturated rings. The predicted molar refractivity (Wildman–Crippen MR) is 86.3 cm³/mol. The summed E-state index contributed by atoms with van der Waals surface area (Å²) >= 11 is 0. The maximum absolute atomic E-state index is 13.0. The lowest BCUT2D eigenvalue weighted by Crippen LogP contribution is -2.50. The van der Waals surface area contributed by atoms with Crippen LogP contribution in [0.2, 0.25) is 0 Å². The Morgan fingerprint density at radius 1 is 1.32 bits per heavy atom. The van der Waals surface area contributed by atoms with Crippen LogP contribution >= 0.6 is 12.4 Å². The number of nitrogens with two attached hydrogens (primary N) is 1. The van der Waals surface area contributed by atoms with Gasteiger partial charge in [0.1, 0.15) is 11.9 Å². The van der Waals surface area contributed by atoms with Crippen LogP contribution in [0.1, 0.15) is 32.4 Å². The van der Waals surface area contributed by atoms with Crippen molar-refractivity contribution in [1.82, 2.24) is 4.90 Å². The molecule has 1 heterocycles. The van der Waals surface area contributed by atoms with E-state index in [0.717, 1.165) is 5.56 Å². The Bertz CT molecular complexity index is 495. The van der Waals surface area contributed by atoms with E-state index >= 15 is 0 Å². The first-order valence-corrected chi connectivity index (χ1v) is 7.33. The Morgan fingerprint density at radius 2 is 1.91 bits per heavy atom. The van der Waals surface area contributed by atoms with Gasteiger partial charge in [-0.3, -0.25) is 4.79 Å². The molecule has 2 N–H and O–H groups in total. The summed E-state index contributed by atoms with van der Waals surface area (Å²) in [5, 5.41) is 0. The summed E-state index contributed by atoms with van der Waals surface area (Å²) < 4.78 is 18.9. The number of hydrogen-bond donors (Lipinski definition) is 1. The minimum absolute atomic E-state index is 0. The van der Waals surface area contributed by atoms with Gasteiger partial charge in [-0.25, -0.2) is 4.39 Å². The molecule has 1 saturated heterocycles. The van der Waals surface area contributed by atoms with E-state index in [1.54, 1.807) is 17.0 Å². The number of ether oxygens (including phenoxy) is 1. The molecule has 4 unspecified atom stereocenters. The van der Waals surface area contributed by atoms with Crippen molar-refractivity contribution >= 4 is 18.3 Å². The summed E-state index contributed by atoms with van der Waals surface area (Å²) in [6.07, 6.45) is -0.281. The first-order chi connectivity index (χ1) is 9.88. The Morgan fingerprint density at radius 3 is 2.45 bits per heavy atom. The number of halogens is 2. The molecule has 1 aliphatic heterocycles. The number of hydrogen-bond acceptors (Lipinski definition) is 3. The molecular weight excluding hydrogens is 307 g/mol. The maximum atomic E-state index is 13.0. The lowest BCUT2D eigenvalue weighted by Gasteiger charge is -2.38. The topological polar surface area (TPSA) is 55.6 Å². The zero-order valence-corrected chi connectivity index (χ0v) is 14.0. The first-order valence-electron chi connectivity index (χ1n) is 7.33. The Balaban J connectivity index is 0.00000242. The van der Waals surface area contributed by atoms with Gasteiger partial charge in [0.15, 0.2) is 0 Å². The van der Waals surface area contributed by atoms with Crippen molar-refractivity contribution in [1.29, 1.82) is 0 Å². The lowest BCUT2D eigenvalue weighted by atomic mass is 10.0. The van der Waals surface area contributed by atoms with Crippen LogP contribution in [0.4, 0.5) is 4.39 Å². The fourth-order valence-electron chi connectivity index (χ4n) is 2.51. The van der Waals surface area contributed by atoms with E-state index in [9.17, 15) is 9.18 Å². The summed E-state index contributed by atoms with van der Waals surface area (Å²) in [6.45, 7) is 6.66. The van der Waals surface area contributed by atoms with Crippen LogP contribution in [0, 0.1) is 11.7 Å². The molecular formula is C16H24ClFN2O2. The summed E-state index contributed by atoms with van der Waals surface area (Å²) in [4.78, 5) is 14.2. The molecule has 0 aliphatic carbocycles. The highest BCUT2D eigenvalue weighted by molar-refractivity contribution is 5.85. The average molecular weight is 331 g/mol. The Kier molecular flexibility index (Phi) is 6.78. The summed E-state index contributed by atoms with van der Waals surface area (Å²) in [6, 6.07) is 6.05. The highest BCUT2D eigenvalue weighted by Gasteiger charge is 2.32. The van der Waals surface area contributed by atoms with Crippen molar-refractivity contribution in [2.45, 2.75) is 39.0 Å². The van der Waals surface area contributed by atoms with Crippen LogP contribution in [0.25, 0.3) is 0 Å². The quantitative estimate of drug-likeness (QED) is 0.926. The van der Waals surface area contributed by atoms with Gasteiger partial charge in [0.25, 0.3) is 0 Å². The molecule has 124 valence electrons. The second-order valence-corrected chi connectivity index (χ2v) is 5.88. The molecule has 0 spiro atoms. The highest BCUT2D eigenvalue weighted by atomic mass is 35.5. The van der Waals surface area contributed by atoms with Crippen LogP contribution in [-0.2, 0) is 9.53 Å². The highest BCUT2D eigenvalue weighted by Crippen LogP contribution is 2.26. The molecule has 2 rings (SSSR count). The first kappa shape index (κ1) is 18.9. The van der Waals surface area contributed by atoms with Gasteiger partial charge in [-0.1, -0.05) is 19.1 Å². The van der Waals surface area contributed by atoms with E-state index in [0.29, 0.717) is 13.1 Å². The molecule has 4 nitrogen and oxygen atoms in total. The average Bonchev–Trinajstić information content (AvgIpc) is 2.45. The molecule has 0 saturated carbocycles. The van der Waals surface area contributed by atoms with E-state index < -0.39 is 0 Å². The van der Waals surface area contributed by atoms with Crippen LogP contribution < -0.4 is 5.73 Å². The third-order valence-electron chi connectivity index (χ3n) is 3.99. The molecule has 0 radical (unpaired) electrons. The molecule has 0 bridgehead atoms. The third-order valence-corrected chi connectivity index (χ3v) is 3.99. The van der Waals surface area contributed by atoms with Crippen LogP contribution in [0.5, 0.6) is 0 Å². The zero-order valence-electron chi connectivity index (χ0n) is 13.2. The van der Waals surface area contributed by atoms with Gasteiger partial charge >= 0.3 is 0 Å². The van der Waals surface area contributed by atoms with Crippen molar-refractivity contribution in [3.05, 3.63) is 35.6 Å². The van der Waals surface area contributed by atoms with Gasteiger partial charge in [0.05, 0.1) is 18.6 Å². The van der Waals surface area contributed by atoms with E-state index in [4.69, 9.17) is 10.5 Å². The zero-order chi connectivity index (χ0) is 15.6. The van der Waals surface area contributed by atoms with Gasteiger partial charge in [0, 0.05) is 12.6 Å². The number of carbonyl (C=O) groups is 1. The van der Waals surface area contributed by atoms with Crippen molar-refractivity contribution in [3.63, 3.8) is 0 Å². The van der Waals surface area contributed by atoms with Crippen LogP contribution in [0.3, 0.4) is 0 Å². The minimum Gasteiger partial charge on any atom is -0.367 e. The van der Waals surface area contributed by atoms with Crippen molar-refractivity contribution in [3.8, 4) is 0 Å². The van der Waals surface area contributed by atoms with Crippen molar-refractivity contribution in [2.75, 3.05) is 13.1 Å². The monoisotopic (exact) mass is 330 g/mol.